The van der Waals surface area contributed by atoms with Gasteiger partial charge in [-0.3, -0.25) is 9.69 Å². The molecule has 1 unspecified atom stereocenters. The lowest BCUT2D eigenvalue weighted by Crippen LogP contribution is -2.54. The number of carboxylic acids is 1. The Hall–Kier alpha value is -0.940. The molecule has 0 saturated carbocycles. The first kappa shape index (κ1) is 11.5. The molecule has 1 N–H and O–H groups in total. The van der Waals surface area contributed by atoms with Crippen LogP contribution in [0.15, 0.2) is 11.6 Å². The van der Waals surface area contributed by atoms with Crippen molar-refractivity contribution in [1.29, 1.82) is 0 Å². The first-order valence-corrected chi connectivity index (χ1v) is 6.38. The van der Waals surface area contributed by atoms with E-state index >= 15 is 0 Å². The summed E-state index contributed by atoms with van der Waals surface area (Å²) in [5.74, 6) is -0.719. The maximum Gasteiger partial charge on any atom is 0.323 e. The monoisotopic (exact) mass is 240 g/mol. The van der Waals surface area contributed by atoms with E-state index in [2.05, 4.69) is 4.98 Å². The summed E-state index contributed by atoms with van der Waals surface area (Å²) >= 11 is 1.58. The third kappa shape index (κ3) is 2.10. The van der Waals surface area contributed by atoms with Crippen molar-refractivity contribution >= 4 is 17.3 Å². The number of carboxylic acid groups (broad SMARTS) is 1. The molecule has 16 heavy (non-hydrogen) atoms. The third-order valence-electron chi connectivity index (χ3n) is 3.31. The summed E-state index contributed by atoms with van der Waals surface area (Å²) < 4.78 is 0. The normalized spacial score (nSPS) is 26.8. The van der Waals surface area contributed by atoms with Gasteiger partial charge in [0.15, 0.2) is 0 Å². The summed E-state index contributed by atoms with van der Waals surface area (Å²) in [6, 6.07) is 0. The molecule has 0 radical (unpaired) electrons. The summed E-state index contributed by atoms with van der Waals surface area (Å²) in [7, 11) is 0. The van der Waals surface area contributed by atoms with Crippen LogP contribution in [0, 0.1) is 0 Å². The first-order chi connectivity index (χ1) is 7.63. The Kier molecular flexibility index (Phi) is 3.25. The van der Waals surface area contributed by atoms with E-state index < -0.39 is 11.5 Å². The van der Waals surface area contributed by atoms with E-state index in [-0.39, 0.29) is 0 Å². The summed E-state index contributed by atoms with van der Waals surface area (Å²) in [5.41, 5.74) is -0.718. The van der Waals surface area contributed by atoms with Crippen LogP contribution in [0.3, 0.4) is 0 Å². The van der Waals surface area contributed by atoms with E-state index in [1.54, 1.807) is 17.5 Å². The molecule has 0 aromatic carbocycles. The number of aromatic nitrogens is 1. The lowest BCUT2D eigenvalue weighted by atomic mass is 9.88. The minimum Gasteiger partial charge on any atom is -0.480 e. The lowest BCUT2D eigenvalue weighted by molar-refractivity contribution is -0.153. The van der Waals surface area contributed by atoms with Crippen molar-refractivity contribution in [2.45, 2.75) is 38.3 Å². The summed E-state index contributed by atoms with van der Waals surface area (Å²) in [4.78, 5) is 17.6. The van der Waals surface area contributed by atoms with Crippen molar-refractivity contribution in [3.05, 3.63) is 16.6 Å². The minimum atomic E-state index is -0.719. The van der Waals surface area contributed by atoms with Crippen molar-refractivity contribution in [2.75, 3.05) is 6.54 Å². The fourth-order valence-electron chi connectivity index (χ4n) is 2.17. The van der Waals surface area contributed by atoms with Crippen LogP contribution in [0.2, 0.25) is 0 Å². The molecule has 88 valence electrons. The van der Waals surface area contributed by atoms with Crippen molar-refractivity contribution in [2.24, 2.45) is 0 Å². The Labute approximate surface area is 98.9 Å². The number of aliphatic carboxylic acids is 1. The van der Waals surface area contributed by atoms with E-state index in [0.717, 1.165) is 30.8 Å². The van der Waals surface area contributed by atoms with Crippen molar-refractivity contribution in [1.82, 2.24) is 9.88 Å². The third-order valence-corrected chi connectivity index (χ3v) is 4.07. The van der Waals surface area contributed by atoms with Crippen molar-refractivity contribution < 1.29 is 9.90 Å². The van der Waals surface area contributed by atoms with Gasteiger partial charge < -0.3 is 5.11 Å². The number of nitrogens with zero attached hydrogens (tertiary/aromatic N) is 2. The highest BCUT2D eigenvalue weighted by molar-refractivity contribution is 7.09. The van der Waals surface area contributed by atoms with Gasteiger partial charge in [-0.05, 0) is 32.7 Å². The molecule has 2 rings (SSSR count). The van der Waals surface area contributed by atoms with Crippen LogP contribution >= 0.6 is 11.3 Å². The minimum absolute atomic E-state index is 0.653. The molecule has 1 aromatic heterocycles. The fourth-order valence-corrected chi connectivity index (χ4v) is 2.80. The molecule has 5 heteroatoms. The molecule has 1 aromatic rings. The largest absolute Gasteiger partial charge is 0.480 e. The molecular weight excluding hydrogens is 224 g/mol. The molecule has 1 aliphatic rings. The molecule has 1 aliphatic heterocycles. The van der Waals surface area contributed by atoms with Gasteiger partial charge in [0.1, 0.15) is 10.5 Å². The quantitative estimate of drug-likeness (QED) is 0.877. The van der Waals surface area contributed by atoms with E-state index in [1.165, 1.54) is 0 Å². The highest BCUT2D eigenvalue weighted by Crippen LogP contribution is 2.29. The average Bonchev–Trinajstić information content (AvgIpc) is 2.74. The second-order valence-corrected chi connectivity index (χ2v) is 5.36. The van der Waals surface area contributed by atoms with Crippen LogP contribution in [-0.2, 0) is 11.3 Å². The molecule has 4 nitrogen and oxygen atoms in total. The van der Waals surface area contributed by atoms with Gasteiger partial charge in [-0.2, -0.15) is 0 Å². The van der Waals surface area contributed by atoms with Crippen LogP contribution < -0.4 is 0 Å². The SMILES string of the molecule is CC1(C(=O)O)CCCCN1Cc1nccs1. The lowest BCUT2D eigenvalue weighted by Gasteiger charge is -2.41. The maximum atomic E-state index is 11.4. The van der Waals surface area contributed by atoms with Crippen LogP contribution in [0.1, 0.15) is 31.2 Å². The van der Waals surface area contributed by atoms with Gasteiger partial charge in [0, 0.05) is 11.6 Å². The zero-order chi connectivity index (χ0) is 11.6. The van der Waals surface area contributed by atoms with Crippen molar-refractivity contribution in [3.63, 3.8) is 0 Å². The summed E-state index contributed by atoms with van der Waals surface area (Å²) in [6.45, 7) is 3.32. The highest BCUT2D eigenvalue weighted by atomic mass is 32.1. The second-order valence-electron chi connectivity index (χ2n) is 4.38. The van der Waals surface area contributed by atoms with E-state index in [1.807, 2.05) is 17.2 Å². The van der Waals surface area contributed by atoms with Crippen LogP contribution in [0.4, 0.5) is 0 Å². The smallest absolute Gasteiger partial charge is 0.323 e. The van der Waals surface area contributed by atoms with E-state index in [4.69, 9.17) is 0 Å². The number of rotatable bonds is 3. The Morgan fingerprint density at radius 2 is 2.50 bits per heavy atom. The number of thiazole rings is 1. The molecule has 0 spiro atoms. The molecule has 0 aliphatic carbocycles. The van der Waals surface area contributed by atoms with Gasteiger partial charge in [-0.15, -0.1) is 11.3 Å². The predicted molar refractivity (Wildman–Crippen MR) is 62.4 cm³/mol. The number of hydrogen-bond donors (Lipinski definition) is 1. The van der Waals surface area contributed by atoms with Gasteiger partial charge in [0.05, 0.1) is 6.54 Å². The fraction of sp³-hybridized carbons (Fsp3) is 0.636. The number of piperidine rings is 1. The molecular formula is C11H16N2O2S. The number of carbonyl (C=O) groups is 1. The Morgan fingerprint density at radius 1 is 1.69 bits per heavy atom. The van der Waals surface area contributed by atoms with Gasteiger partial charge in [-0.25, -0.2) is 4.98 Å². The molecule has 1 atom stereocenters. The van der Waals surface area contributed by atoms with E-state index in [0.29, 0.717) is 6.54 Å². The Balaban J connectivity index is 2.14. The zero-order valence-corrected chi connectivity index (χ0v) is 10.2. The van der Waals surface area contributed by atoms with Crippen LogP contribution in [0.5, 0.6) is 0 Å². The molecule has 0 amide bonds. The zero-order valence-electron chi connectivity index (χ0n) is 9.35. The Morgan fingerprint density at radius 3 is 3.12 bits per heavy atom. The topological polar surface area (TPSA) is 53.4 Å². The molecule has 2 heterocycles. The summed E-state index contributed by atoms with van der Waals surface area (Å²) in [5, 5.41) is 12.3. The van der Waals surface area contributed by atoms with Gasteiger partial charge >= 0.3 is 5.97 Å². The molecule has 1 fully saturated rings. The number of hydrogen-bond acceptors (Lipinski definition) is 4. The van der Waals surface area contributed by atoms with E-state index in [9.17, 15) is 9.90 Å². The van der Waals surface area contributed by atoms with Crippen LogP contribution in [0.25, 0.3) is 0 Å². The van der Waals surface area contributed by atoms with Gasteiger partial charge in [-0.1, -0.05) is 0 Å². The maximum absolute atomic E-state index is 11.4. The van der Waals surface area contributed by atoms with Crippen LogP contribution in [-0.4, -0.2) is 33.0 Å². The average molecular weight is 240 g/mol. The standard InChI is InChI=1S/C11H16N2O2S/c1-11(10(14)15)4-2-3-6-13(11)8-9-12-5-7-16-9/h5,7H,2-4,6,8H2,1H3,(H,14,15). The second kappa shape index (κ2) is 4.51. The number of likely N-dealkylation sites (tertiary alicyclic amines) is 1. The summed E-state index contributed by atoms with van der Waals surface area (Å²) in [6.07, 6.45) is 4.57. The molecule has 0 bridgehead atoms. The van der Waals surface area contributed by atoms with Crippen molar-refractivity contribution in [3.8, 4) is 0 Å². The first-order valence-electron chi connectivity index (χ1n) is 5.50. The molecule has 1 saturated heterocycles. The Bertz CT molecular complexity index is 366. The predicted octanol–water partition coefficient (Wildman–Crippen LogP) is 1.97. The highest BCUT2D eigenvalue weighted by Gasteiger charge is 2.41. The van der Waals surface area contributed by atoms with Gasteiger partial charge in [0.2, 0.25) is 0 Å². The van der Waals surface area contributed by atoms with Gasteiger partial charge in [0.25, 0.3) is 0 Å².